The van der Waals surface area contributed by atoms with Crippen LogP contribution in [0.15, 0.2) is 60.7 Å². The van der Waals surface area contributed by atoms with E-state index in [0.717, 1.165) is 12.0 Å². The van der Waals surface area contributed by atoms with Gasteiger partial charge < -0.3 is 34.7 Å². The minimum atomic E-state index is -1.26. The average molecular weight is 656 g/mol. The van der Waals surface area contributed by atoms with Crippen molar-refractivity contribution in [1.29, 1.82) is 0 Å². The van der Waals surface area contributed by atoms with E-state index in [1.54, 1.807) is 18.2 Å². The molecule has 2 N–H and O–H groups in total. The first-order chi connectivity index (χ1) is 21.8. The molecule has 2 amide bonds. The maximum Gasteiger partial charge on any atom is 0.244 e. The van der Waals surface area contributed by atoms with Crippen molar-refractivity contribution >= 4 is 29.4 Å². The minimum Gasteiger partial charge on any atom is -0.547 e. The topological polar surface area (TPSA) is 129 Å². The summed E-state index contributed by atoms with van der Waals surface area (Å²) in [5.74, 6) is -1.06. The lowest BCUT2D eigenvalue weighted by Gasteiger charge is -2.30. The number of rotatable bonds is 19. The van der Waals surface area contributed by atoms with Crippen molar-refractivity contribution in [1.82, 2.24) is 10.6 Å². The summed E-state index contributed by atoms with van der Waals surface area (Å²) >= 11 is 6.32. The molecule has 1 aliphatic heterocycles. The molecule has 2 unspecified atom stereocenters. The second-order valence-electron chi connectivity index (χ2n) is 13.3. The zero-order chi connectivity index (χ0) is 33.9. The molecule has 252 valence electrons. The van der Waals surface area contributed by atoms with Gasteiger partial charge in [0.05, 0.1) is 36.9 Å². The summed E-state index contributed by atoms with van der Waals surface area (Å²) < 4.78 is 16.8. The lowest BCUT2D eigenvalue weighted by atomic mass is 9.94. The molecule has 1 saturated heterocycles. The Balaban J connectivity index is 1.57. The third-order valence-electron chi connectivity index (χ3n) is 7.93. The first-order valence-corrected chi connectivity index (χ1v) is 16.3. The predicted molar refractivity (Wildman–Crippen MR) is 176 cm³/mol. The van der Waals surface area contributed by atoms with Gasteiger partial charge in [-0.15, -0.1) is 0 Å². The van der Waals surface area contributed by atoms with Gasteiger partial charge in [0.2, 0.25) is 11.8 Å². The van der Waals surface area contributed by atoms with Crippen LogP contribution in [0.1, 0.15) is 71.1 Å². The number of carbonyl (C=O) groups is 3. The normalized spacial score (nSPS) is 18.2. The average Bonchev–Trinajstić information content (AvgIpc) is 3.81. The second-order valence-corrected chi connectivity index (χ2v) is 13.7. The molecule has 1 fully saturated rings. The van der Waals surface area contributed by atoms with Gasteiger partial charge in [-0.1, -0.05) is 88.7 Å². The Kier molecular flexibility index (Phi) is 14.1. The van der Waals surface area contributed by atoms with E-state index in [9.17, 15) is 19.5 Å². The summed E-state index contributed by atoms with van der Waals surface area (Å²) in [6.07, 6.45) is 4.63. The smallest absolute Gasteiger partial charge is 0.244 e. The van der Waals surface area contributed by atoms with Gasteiger partial charge in [0.15, 0.2) is 0 Å². The number of amides is 2. The Morgan fingerprint density at radius 1 is 1.11 bits per heavy atom. The number of methoxy groups -OCH3 is 1. The van der Waals surface area contributed by atoms with E-state index in [1.165, 1.54) is 18.7 Å². The van der Waals surface area contributed by atoms with Crippen molar-refractivity contribution < 1.29 is 33.7 Å². The summed E-state index contributed by atoms with van der Waals surface area (Å²) in [4.78, 5) is 37.9. The second kappa shape index (κ2) is 17.5. The van der Waals surface area contributed by atoms with Gasteiger partial charge in [0, 0.05) is 18.4 Å². The molecule has 0 aliphatic carbocycles. The molecule has 3 rings (SSSR count). The Bertz CT molecular complexity index is 1330. The molecule has 0 aromatic heterocycles. The molecular formula is C36H48ClN2O7-. The standard InChI is InChI=1S/C36H49ClN2O7/c1-23(2)18-30(35(42)43)45-22-36(4,5)21-38-34(41)28(20-25-16-17-29(44-6)27(37)19-25)39-31(40)15-11-10-12-24(3)32-33(46-32)26-13-8-7-9-14-26/h7-9,11,13-17,19,23-24,28,30,32-33H,10,12,18,20-22H2,1-6H3,(H,38,41)(H,39,40)(H,42,43)/p-1/b15-11+/t24-,28+,30-,32?,33?/m0/s1. The van der Waals surface area contributed by atoms with E-state index in [4.69, 9.17) is 25.8 Å². The van der Waals surface area contributed by atoms with Crippen molar-refractivity contribution in [2.75, 3.05) is 20.3 Å². The van der Waals surface area contributed by atoms with E-state index in [2.05, 4.69) is 29.7 Å². The number of benzene rings is 2. The molecular weight excluding hydrogens is 608 g/mol. The number of halogens is 1. The van der Waals surface area contributed by atoms with Crippen LogP contribution in [-0.2, 0) is 30.3 Å². The molecule has 2 aromatic carbocycles. The van der Waals surface area contributed by atoms with Gasteiger partial charge in [-0.25, -0.2) is 0 Å². The van der Waals surface area contributed by atoms with Gasteiger partial charge in [0.25, 0.3) is 0 Å². The van der Waals surface area contributed by atoms with Crippen LogP contribution in [0.2, 0.25) is 5.02 Å². The lowest BCUT2D eigenvalue weighted by molar-refractivity contribution is -0.318. The highest BCUT2D eigenvalue weighted by molar-refractivity contribution is 6.32. The molecule has 1 heterocycles. The van der Waals surface area contributed by atoms with Crippen molar-refractivity contribution in [3.05, 3.63) is 76.8 Å². The third-order valence-corrected chi connectivity index (χ3v) is 8.22. The lowest BCUT2D eigenvalue weighted by Crippen LogP contribution is -2.50. The molecule has 1 aliphatic rings. The number of hydrogen-bond acceptors (Lipinski definition) is 7. The Morgan fingerprint density at radius 3 is 2.46 bits per heavy atom. The summed E-state index contributed by atoms with van der Waals surface area (Å²) in [6.45, 7) is 10.0. The van der Waals surface area contributed by atoms with Gasteiger partial charge in [-0.3, -0.25) is 9.59 Å². The van der Waals surface area contributed by atoms with E-state index < -0.39 is 23.5 Å². The predicted octanol–water partition coefficient (Wildman–Crippen LogP) is 4.81. The largest absolute Gasteiger partial charge is 0.547 e. The highest BCUT2D eigenvalue weighted by Crippen LogP contribution is 2.44. The zero-order valence-electron chi connectivity index (χ0n) is 27.7. The van der Waals surface area contributed by atoms with Crippen molar-refractivity contribution in [3.8, 4) is 5.75 Å². The van der Waals surface area contributed by atoms with E-state index in [1.807, 2.05) is 52.0 Å². The van der Waals surface area contributed by atoms with E-state index >= 15 is 0 Å². The number of ether oxygens (including phenoxy) is 3. The van der Waals surface area contributed by atoms with Crippen LogP contribution < -0.4 is 20.5 Å². The maximum atomic E-state index is 13.4. The fourth-order valence-electron chi connectivity index (χ4n) is 5.17. The Labute approximate surface area is 278 Å². The van der Waals surface area contributed by atoms with Gasteiger partial charge in [0.1, 0.15) is 17.9 Å². The highest BCUT2D eigenvalue weighted by atomic mass is 35.5. The van der Waals surface area contributed by atoms with Crippen LogP contribution in [0, 0.1) is 17.3 Å². The fourth-order valence-corrected chi connectivity index (χ4v) is 5.45. The van der Waals surface area contributed by atoms with Crippen LogP contribution in [0.5, 0.6) is 5.75 Å². The van der Waals surface area contributed by atoms with Crippen LogP contribution in [-0.4, -0.2) is 56.3 Å². The van der Waals surface area contributed by atoms with Crippen molar-refractivity contribution in [2.24, 2.45) is 17.3 Å². The van der Waals surface area contributed by atoms with E-state index in [-0.39, 0.29) is 49.5 Å². The summed E-state index contributed by atoms with van der Waals surface area (Å²) in [7, 11) is 1.52. The first kappa shape index (κ1) is 37.1. The van der Waals surface area contributed by atoms with Crippen molar-refractivity contribution in [3.63, 3.8) is 0 Å². The van der Waals surface area contributed by atoms with Crippen molar-refractivity contribution in [2.45, 2.75) is 84.7 Å². The number of carboxylic acids is 1. The third kappa shape index (κ3) is 12.1. The SMILES string of the molecule is COc1ccc(C[C@@H](NC(=O)/C=C/CC[C@H](C)C2OC2c2ccccc2)C(=O)NCC(C)(C)CO[C@@H](CC(C)C)C(=O)[O-])cc1Cl. The van der Waals surface area contributed by atoms with Gasteiger partial charge in [-0.05, 0) is 60.4 Å². The van der Waals surface area contributed by atoms with Gasteiger partial charge in [-0.2, -0.15) is 0 Å². The summed E-state index contributed by atoms with van der Waals surface area (Å²) in [5, 5.41) is 17.6. The zero-order valence-corrected chi connectivity index (χ0v) is 28.5. The first-order valence-electron chi connectivity index (χ1n) is 15.9. The Hall–Kier alpha value is -3.40. The van der Waals surface area contributed by atoms with Crippen LogP contribution in [0.4, 0.5) is 0 Å². The molecule has 2 aromatic rings. The highest BCUT2D eigenvalue weighted by Gasteiger charge is 2.43. The quantitative estimate of drug-likeness (QED) is 0.164. The van der Waals surface area contributed by atoms with E-state index in [0.29, 0.717) is 29.5 Å². The molecule has 0 radical (unpaired) electrons. The number of aliphatic carboxylic acids is 1. The number of carboxylic acid groups (broad SMARTS) is 1. The molecule has 10 heteroatoms. The molecule has 46 heavy (non-hydrogen) atoms. The molecule has 0 spiro atoms. The van der Waals surface area contributed by atoms with Crippen LogP contribution in [0.3, 0.4) is 0 Å². The molecule has 5 atom stereocenters. The number of allylic oxidation sites excluding steroid dienone is 1. The summed E-state index contributed by atoms with van der Waals surface area (Å²) in [6, 6.07) is 14.5. The monoisotopic (exact) mass is 655 g/mol. The number of epoxide rings is 1. The van der Waals surface area contributed by atoms with Gasteiger partial charge >= 0.3 is 0 Å². The summed E-state index contributed by atoms with van der Waals surface area (Å²) in [5.41, 5.74) is 1.34. The minimum absolute atomic E-state index is 0.100. The fraction of sp³-hybridized carbons (Fsp3) is 0.528. The number of nitrogens with one attached hydrogen (secondary N) is 2. The molecule has 0 saturated carbocycles. The number of hydrogen-bond donors (Lipinski definition) is 2. The molecule has 0 bridgehead atoms. The Morgan fingerprint density at radius 2 is 1.83 bits per heavy atom. The van der Waals surface area contributed by atoms with Crippen LogP contribution >= 0.6 is 11.6 Å². The number of carbonyl (C=O) groups excluding carboxylic acids is 3. The van der Waals surface area contributed by atoms with Crippen LogP contribution in [0.25, 0.3) is 0 Å². The molecule has 9 nitrogen and oxygen atoms in total. The maximum absolute atomic E-state index is 13.4.